The molecule has 5 heteroatoms. The summed E-state index contributed by atoms with van der Waals surface area (Å²) in [4.78, 5) is 17.3. The highest BCUT2D eigenvalue weighted by Gasteiger charge is 2.46. The molecule has 5 nitrogen and oxygen atoms in total. The summed E-state index contributed by atoms with van der Waals surface area (Å²) in [5.74, 6) is -1.25. The maximum absolute atomic E-state index is 12.5. The molecule has 130 valence electrons. The zero-order chi connectivity index (χ0) is 17.0. The van der Waals surface area contributed by atoms with Gasteiger partial charge in [0.05, 0.1) is 31.8 Å². The molecule has 0 bridgehead atoms. The SMILES string of the molecule is CCOC(=O)C1CC2(CCC1=N[C@@H](C)c1ccccc1)OCCO2. The molecule has 0 aromatic heterocycles. The van der Waals surface area contributed by atoms with E-state index in [1.165, 1.54) is 0 Å². The smallest absolute Gasteiger partial charge is 0.314 e. The molecule has 1 aliphatic carbocycles. The second kappa shape index (κ2) is 7.45. The van der Waals surface area contributed by atoms with Crippen LogP contribution >= 0.6 is 0 Å². The first-order valence-electron chi connectivity index (χ1n) is 8.69. The quantitative estimate of drug-likeness (QED) is 0.794. The molecule has 3 rings (SSSR count). The molecule has 0 amide bonds. The van der Waals surface area contributed by atoms with Crippen LogP contribution < -0.4 is 0 Å². The minimum atomic E-state index is -0.633. The van der Waals surface area contributed by atoms with E-state index >= 15 is 0 Å². The average Bonchev–Trinajstić information content (AvgIpc) is 3.05. The zero-order valence-electron chi connectivity index (χ0n) is 14.4. The Morgan fingerprint density at radius 3 is 2.71 bits per heavy atom. The summed E-state index contributed by atoms with van der Waals surface area (Å²) < 4.78 is 16.9. The second-order valence-electron chi connectivity index (χ2n) is 6.32. The van der Waals surface area contributed by atoms with Crippen molar-refractivity contribution in [1.82, 2.24) is 0 Å². The van der Waals surface area contributed by atoms with Gasteiger partial charge in [0.25, 0.3) is 0 Å². The Labute approximate surface area is 143 Å². The van der Waals surface area contributed by atoms with Gasteiger partial charge in [-0.25, -0.2) is 0 Å². The van der Waals surface area contributed by atoms with E-state index in [-0.39, 0.29) is 17.9 Å². The Morgan fingerprint density at radius 1 is 1.33 bits per heavy atom. The normalized spacial score (nSPS) is 25.8. The lowest BCUT2D eigenvalue weighted by atomic mass is 9.82. The molecule has 1 saturated heterocycles. The van der Waals surface area contributed by atoms with E-state index in [0.29, 0.717) is 32.7 Å². The summed E-state index contributed by atoms with van der Waals surface area (Å²) in [7, 11) is 0. The Bertz CT molecular complexity index is 593. The number of nitrogens with zero attached hydrogens (tertiary/aromatic N) is 1. The van der Waals surface area contributed by atoms with E-state index in [9.17, 15) is 4.79 Å². The number of aliphatic imine (C=N–C) groups is 1. The molecule has 1 aliphatic heterocycles. The van der Waals surface area contributed by atoms with Gasteiger partial charge in [0, 0.05) is 18.6 Å². The third kappa shape index (κ3) is 3.68. The van der Waals surface area contributed by atoms with E-state index in [1.807, 2.05) is 25.1 Å². The molecule has 1 aromatic rings. The van der Waals surface area contributed by atoms with Crippen LogP contribution in [0.3, 0.4) is 0 Å². The van der Waals surface area contributed by atoms with Crippen molar-refractivity contribution in [3.8, 4) is 0 Å². The van der Waals surface area contributed by atoms with Gasteiger partial charge >= 0.3 is 5.97 Å². The standard InChI is InChI=1S/C19H25NO4/c1-3-22-18(21)16-13-19(23-11-12-24-19)10-9-17(16)20-14(2)15-7-5-4-6-8-15/h4-8,14,16H,3,9-13H2,1-2H3/t14-,16?/m0/s1. The maximum Gasteiger partial charge on any atom is 0.314 e. The van der Waals surface area contributed by atoms with Crippen molar-refractivity contribution in [2.75, 3.05) is 19.8 Å². The summed E-state index contributed by atoms with van der Waals surface area (Å²) in [5, 5.41) is 0. The van der Waals surface area contributed by atoms with Gasteiger partial charge in [0.1, 0.15) is 0 Å². The van der Waals surface area contributed by atoms with E-state index in [4.69, 9.17) is 19.2 Å². The molecule has 1 heterocycles. The number of hydrogen-bond donors (Lipinski definition) is 0. The summed E-state index contributed by atoms with van der Waals surface area (Å²) in [6, 6.07) is 10.1. The van der Waals surface area contributed by atoms with Crippen molar-refractivity contribution in [3.05, 3.63) is 35.9 Å². The van der Waals surface area contributed by atoms with E-state index < -0.39 is 5.79 Å². The third-order valence-corrected chi connectivity index (χ3v) is 4.71. The first-order chi connectivity index (χ1) is 11.6. The number of esters is 1. The molecule has 1 saturated carbocycles. The number of carbonyl (C=O) groups excluding carboxylic acids is 1. The Balaban J connectivity index is 1.82. The van der Waals surface area contributed by atoms with Gasteiger partial charge in [-0.05, 0) is 25.8 Å². The predicted octanol–water partition coefficient (Wildman–Crippen LogP) is 3.29. The van der Waals surface area contributed by atoms with Gasteiger partial charge in [-0.3, -0.25) is 9.79 Å². The van der Waals surface area contributed by atoms with Crippen LogP contribution in [0, 0.1) is 5.92 Å². The van der Waals surface area contributed by atoms with Crippen LogP contribution in [0.15, 0.2) is 35.3 Å². The summed E-state index contributed by atoms with van der Waals surface area (Å²) in [6.45, 7) is 5.41. The molecule has 1 unspecified atom stereocenters. The van der Waals surface area contributed by atoms with Crippen LogP contribution in [-0.4, -0.2) is 37.3 Å². The maximum atomic E-state index is 12.5. The first-order valence-corrected chi connectivity index (χ1v) is 8.69. The topological polar surface area (TPSA) is 57.1 Å². The second-order valence-corrected chi connectivity index (χ2v) is 6.32. The van der Waals surface area contributed by atoms with Gasteiger partial charge < -0.3 is 14.2 Å². The number of ether oxygens (including phenoxy) is 3. The van der Waals surface area contributed by atoms with Gasteiger partial charge in [0.15, 0.2) is 5.79 Å². The van der Waals surface area contributed by atoms with Crippen LogP contribution in [0.25, 0.3) is 0 Å². The summed E-state index contributed by atoms with van der Waals surface area (Å²) in [5.41, 5.74) is 2.04. The number of hydrogen-bond acceptors (Lipinski definition) is 5. The fraction of sp³-hybridized carbons (Fsp3) is 0.579. The molecule has 2 aliphatic rings. The van der Waals surface area contributed by atoms with Crippen molar-refractivity contribution in [3.63, 3.8) is 0 Å². The molecule has 24 heavy (non-hydrogen) atoms. The lowest BCUT2D eigenvalue weighted by Gasteiger charge is -2.36. The Kier molecular flexibility index (Phi) is 5.31. The zero-order valence-corrected chi connectivity index (χ0v) is 14.4. The van der Waals surface area contributed by atoms with Gasteiger partial charge in [-0.1, -0.05) is 30.3 Å². The fourth-order valence-electron chi connectivity index (χ4n) is 3.45. The van der Waals surface area contributed by atoms with Crippen molar-refractivity contribution >= 4 is 11.7 Å². The van der Waals surface area contributed by atoms with Crippen molar-refractivity contribution < 1.29 is 19.0 Å². The first kappa shape index (κ1) is 17.1. The highest BCUT2D eigenvalue weighted by Crippen LogP contribution is 2.39. The van der Waals surface area contributed by atoms with Crippen molar-refractivity contribution in [1.29, 1.82) is 0 Å². The molecule has 0 N–H and O–H groups in total. The lowest BCUT2D eigenvalue weighted by Crippen LogP contribution is -2.44. The van der Waals surface area contributed by atoms with Crippen LogP contribution in [0.1, 0.15) is 44.7 Å². The predicted molar refractivity (Wildman–Crippen MR) is 90.9 cm³/mol. The van der Waals surface area contributed by atoms with Crippen molar-refractivity contribution in [2.45, 2.75) is 44.9 Å². The van der Waals surface area contributed by atoms with Crippen LogP contribution in [0.5, 0.6) is 0 Å². The molecule has 0 radical (unpaired) electrons. The highest BCUT2D eigenvalue weighted by atomic mass is 16.7. The van der Waals surface area contributed by atoms with Crippen LogP contribution in [-0.2, 0) is 19.0 Å². The molecule has 2 atom stereocenters. The van der Waals surface area contributed by atoms with E-state index in [0.717, 1.165) is 17.7 Å². The average molecular weight is 331 g/mol. The number of carbonyl (C=O) groups is 1. The van der Waals surface area contributed by atoms with Crippen molar-refractivity contribution in [2.24, 2.45) is 10.9 Å². The highest BCUT2D eigenvalue weighted by molar-refractivity contribution is 6.03. The minimum Gasteiger partial charge on any atom is -0.465 e. The van der Waals surface area contributed by atoms with Gasteiger partial charge in [-0.2, -0.15) is 0 Å². The van der Waals surface area contributed by atoms with Crippen LogP contribution in [0.2, 0.25) is 0 Å². The Hall–Kier alpha value is -1.72. The van der Waals surface area contributed by atoms with E-state index in [2.05, 4.69) is 19.1 Å². The van der Waals surface area contributed by atoms with Crippen LogP contribution in [0.4, 0.5) is 0 Å². The van der Waals surface area contributed by atoms with Gasteiger partial charge in [-0.15, -0.1) is 0 Å². The lowest BCUT2D eigenvalue weighted by molar-refractivity contribution is -0.182. The minimum absolute atomic E-state index is 0.0117. The third-order valence-electron chi connectivity index (χ3n) is 4.71. The summed E-state index contributed by atoms with van der Waals surface area (Å²) >= 11 is 0. The monoisotopic (exact) mass is 331 g/mol. The molecule has 1 spiro atoms. The van der Waals surface area contributed by atoms with Gasteiger partial charge in [0.2, 0.25) is 0 Å². The molecule has 2 fully saturated rings. The van der Waals surface area contributed by atoms with E-state index in [1.54, 1.807) is 0 Å². The number of benzene rings is 1. The molecular formula is C19H25NO4. The molecular weight excluding hydrogens is 306 g/mol. The fourth-order valence-corrected chi connectivity index (χ4v) is 3.45. The largest absolute Gasteiger partial charge is 0.465 e. The number of rotatable bonds is 4. The Morgan fingerprint density at radius 2 is 2.04 bits per heavy atom. The molecule has 1 aromatic carbocycles. The summed E-state index contributed by atoms with van der Waals surface area (Å²) in [6.07, 6.45) is 1.93.